The zero-order valence-electron chi connectivity index (χ0n) is 13.2. The molecule has 0 bridgehead atoms. The van der Waals surface area contributed by atoms with Crippen LogP contribution in [0, 0.1) is 17.2 Å². The molecule has 0 aromatic carbocycles. The summed E-state index contributed by atoms with van der Waals surface area (Å²) in [6.45, 7) is 1.57. The molecular weight excluding hydrogens is 312 g/mol. The smallest absolute Gasteiger partial charge is 0.309 e. The molecule has 5 nitrogen and oxygen atoms in total. The summed E-state index contributed by atoms with van der Waals surface area (Å²) in [5, 5.41) is 12.8. The second-order valence-electron chi connectivity index (χ2n) is 6.22. The van der Waals surface area contributed by atoms with Gasteiger partial charge in [0.2, 0.25) is 0 Å². The van der Waals surface area contributed by atoms with Gasteiger partial charge in [0.05, 0.1) is 11.5 Å². The van der Waals surface area contributed by atoms with Crippen molar-refractivity contribution in [2.45, 2.75) is 58.0 Å². The number of carbonyl (C=O) groups excluding carboxylic acids is 2. The van der Waals surface area contributed by atoms with E-state index in [1.807, 2.05) is 0 Å². The lowest BCUT2D eigenvalue weighted by Crippen LogP contribution is -2.30. The molecule has 1 saturated carbocycles. The number of rotatable bonds is 4. The number of nitriles is 1. The van der Waals surface area contributed by atoms with Crippen LogP contribution in [0.5, 0.6) is 0 Å². The first kappa shape index (κ1) is 16.0. The summed E-state index contributed by atoms with van der Waals surface area (Å²) in [5.41, 5.74) is 1.67. The molecule has 0 radical (unpaired) electrons. The third kappa shape index (κ3) is 3.56. The Morgan fingerprint density at radius 3 is 2.74 bits per heavy atom. The number of aryl methyl sites for hydroxylation is 1. The van der Waals surface area contributed by atoms with E-state index < -0.39 is 6.10 Å². The third-order valence-corrected chi connectivity index (χ3v) is 5.55. The van der Waals surface area contributed by atoms with E-state index >= 15 is 0 Å². The molecule has 2 aliphatic carbocycles. The van der Waals surface area contributed by atoms with E-state index in [0.717, 1.165) is 44.1 Å². The van der Waals surface area contributed by atoms with Crippen LogP contribution in [0.4, 0.5) is 5.00 Å². The molecule has 0 spiro atoms. The van der Waals surface area contributed by atoms with Gasteiger partial charge in [0, 0.05) is 4.88 Å². The second-order valence-corrected chi connectivity index (χ2v) is 7.33. The van der Waals surface area contributed by atoms with E-state index in [2.05, 4.69) is 11.4 Å². The van der Waals surface area contributed by atoms with E-state index in [1.165, 1.54) is 22.6 Å². The molecule has 0 aliphatic heterocycles. The molecular formula is C17H20N2O3S. The summed E-state index contributed by atoms with van der Waals surface area (Å²) < 4.78 is 5.17. The van der Waals surface area contributed by atoms with Crippen LogP contribution in [-0.4, -0.2) is 18.0 Å². The quantitative estimate of drug-likeness (QED) is 0.678. The van der Waals surface area contributed by atoms with Crippen LogP contribution < -0.4 is 5.32 Å². The van der Waals surface area contributed by atoms with Crippen LogP contribution in [0.1, 0.15) is 55.0 Å². The maximum Gasteiger partial charge on any atom is 0.309 e. The first-order valence-electron chi connectivity index (χ1n) is 8.16. The lowest BCUT2D eigenvalue weighted by Gasteiger charge is -2.12. The number of hydrogen-bond acceptors (Lipinski definition) is 5. The number of thiophene rings is 1. The van der Waals surface area contributed by atoms with Gasteiger partial charge in [0.15, 0.2) is 6.10 Å². The number of nitrogens with one attached hydrogen (secondary N) is 1. The standard InChI is InChI=1S/C17H20N2O3S/c1-10(22-17(21)11-7-8-11)15(20)19-16-13(9-18)12-5-3-2-4-6-14(12)23-16/h10-11H,2-8H2,1H3,(H,19,20)/t10-/m0/s1. The van der Waals surface area contributed by atoms with Crippen LogP contribution in [0.2, 0.25) is 0 Å². The highest BCUT2D eigenvalue weighted by atomic mass is 32.1. The van der Waals surface area contributed by atoms with Gasteiger partial charge < -0.3 is 10.1 Å². The lowest BCUT2D eigenvalue weighted by molar-refractivity contribution is -0.154. The van der Waals surface area contributed by atoms with Gasteiger partial charge in [-0.3, -0.25) is 9.59 Å². The Hall–Kier alpha value is -1.87. The maximum atomic E-state index is 12.2. The van der Waals surface area contributed by atoms with Crippen LogP contribution in [0.3, 0.4) is 0 Å². The number of amides is 1. The van der Waals surface area contributed by atoms with Gasteiger partial charge in [-0.25, -0.2) is 0 Å². The van der Waals surface area contributed by atoms with E-state index in [1.54, 1.807) is 6.92 Å². The minimum atomic E-state index is -0.837. The number of anilines is 1. The molecule has 2 aliphatic rings. The molecule has 23 heavy (non-hydrogen) atoms. The van der Waals surface area contributed by atoms with E-state index in [-0.39, 0.29) is 17.8 Å². The van der Waals surface area contributed by atoms with Gasteiger partial charge in [-0.15, -0.1) is 11.3 Å². The SMILES string of the molecule is C[C@H](OC(=O)C1CC1)C(=O)Nc1sc2c(c1C#N)CCCCC2. The van der Waals surface area contributed by atoms with Gasteiger partial charge in [0.1, 0.15) is 11.1 Å². The van der Waals surface area contributed by atoms with Crippen molar-refractivity contribution < 1.29 is 14.3 Å². The summed E-state index contributed by atoms with van der Waals surface area (Å²) in [7, 11) is 0. The average molecular weight is 332 g/mol. The van der Waals surface area contributed by atoms with Crippen molar-refractivity contribution >= 4 is 28.2 Å². The molecule has 1 atom stereocenters. The fraction of sp³-hybridized carbons (Fsp3) is 0.588. The highest BCUT2D eigenvalue weighted by molar-refractivity contribution is 7.16. The van der Waals surface area contributed by atoms with Crippen molar-refractivity contribution in [1.29, 1.82) is 5.26 Å². The highest BCUT2D eigenvalue weighted by Gasteiger charge is 2.33. The Balaban J connectivity index is 1.70. The fourth-order valence-corrected chi connectivity index (χ4v) is 4.05. The van der Waals surface area contributed by atoms with Gasteiger partial charge in [-0.05, 0) is 51.0 Å². The van der Waals surface area contributed by atoms with Crippen LogP contribution >= 0.6 is 11.3 Å². The van der Waals surface area contributed by atoms with E-state index in [9.17, 15) is 14.9 Å². The Bertz CT molecular complexity index is 670. The minimum absolute atomic E-state index is 0.0299. The second kappa shape index (κ2) is 6.71. The third-order valence-electron chi connectivity index (χ3n) is 4.34. The van der Waals surface area contributed by atoms with Gasteiger partial charge in [0.25, 0.3) is 5.91 Å². The number of carbonyl (C=O) groups is 2. The Kier molecular flexibility index (Phi) is 4.67. The van der Waals surface area contributed by atoms with Crippen molar-refractivity contribution in [3.63, 3.8) is 0 Å². The van der Waals surface area contributed by atoms with Crippen LogP contribution in [0.25, 0.3) is 0 Å². The number of esters is 1. The van der Waals surface area contributed by atoms with Gasteiger partial charge in [-0.2, -0.15) is 5.26 Å². The highest BCUT2D eigenvalue weighted by Crippen LogP contribution is 2.37. The molecule has 122 valence electrons. The van der Waals surface area contributed by atoms with Crippen molar-refractivity contribution in [3.8, 4) is 6.07 Å². The Labute approximate surface area is 139 Å². The van der Waals surface area contributed by atoms with E-state index in [0.29, 0.717) is 10.6 Å². The Morgan fingerprint density at radius 1 is 1.30 bits per heavy atom. The summed E-state index contributed by atoms with van der Waals surface area (Å²) in [6, 6.07) is 2.23. The zero-order chi connectivity index (χ0) is 16.4. The predicted molar refractivity (Wildman–Crippen MR) is 87.2 cm³/mol. The normalized spacial score (nSPS) is 18.3. The predicted octanol–water partition coefficient (Wildman–Crippen LogP) is 3.17. The summed E-state index contributed by atoms with van der Waals surface area (Å²) in [5.74, 6) is -0.695. The number of fused-ring (bicyclic) bond motifs is 1. The van der Waals surface area contributed by atoms with Crippen LogP contribution in [0.15, 0.2) is 0 Å². The van der Waals surface area contributed by atoms with Gasteiger partial charge in [-0.1, -0.05) is 6.42 Å². The minimum Gasteiger partial charge on any atom is -0.452 e. The maximum absolute atomic E-state index is 12.2. The van der Waals surface area contributed by atoms with Gasteiger partial charge >= 0.3 is 5.97 Å². The molecule has 1 fully saturated rings. The fourth-order valence-electron chi connectivity index (χ4n) is 2.81. The first-order valence-corrected chi connectivity index (χ1v) is 8.97. The topological polar surface area (TPSA) is 79.2 Å². The molecule has 3 rings (SSSR count). The number of hydrogen-bond donors (Lipinski definition) is 1. The molecule has 1 heterocycles. The Morgan fingerprint density at radius 2 is 2.04 bits per heavy atom. The average Bonchev–Trinajstić information content (AvgIpc) is 3.34. The lowest BCUT2D eigenvalue weighted by atomic mass is 10.1. The van der Waals surface area contributed by atoms with E-state index in [4.69, 9.17) is 4.74 Å². The molecule has 1 aromatic heterocycles. The molecule has 1 aromatic rings. The first-order chi connectivity index (χ1) is 11.1. The van der Waals surface area contributed by atoms with Crippen LogP contribution in [-0.2, 0) is 27.2 Å². The van der Waals surface area contributed by atoms with Crippen molar-refractivity contribution in [2.75, 3.05) is 5.32 Å². The summed E-state index contributed by atoms with van der Waals surface area (Å²) in [4.78, 5) is 25.1. The molecule has 1 amide bonds. The number of nitrogens with zero attached hydrogens (tertiary/aromatic N) is 1. The van der Waals surface area contributed by atoms with Crippen molar-refractivity contribution in [2.24, 2.45) is 5.92 Å². The number of ether oxygens (including phenoxy) is 1. The largest absolute Gasteiger partial charge is 0.452 e. The van der Waals surface area contributed by atoms with Crippen molar-refractivity contribution in [1.82, 2.24) is 0 Å². The summed E-state index contributed by atoms with van der Waals surface area (Å²) in [6.07, 6.45) is 6.13. The molecule has 0 saturated heterocycles. The molecule has 1 N–H and O–H groups in total. The molecule has 6 heteroatoms. The monoisotopic (exact) mass is 332 g/mol. The molecule has 0 unspecified atom stereocenters. The zero-order valence-corrected chi connectivity index (χ0v) is 14.0. The van der Waals surface area contributed by atoms with Crippen molar-refractivity contribution in [3.05, 3.63) is 16.0 Å². The summed E-state index contributed by atoms with van der Waals surface area (Å²) >= 11 is 1.49.